The van der Waals surface area contributed by atoms with Gasteiger partial charge in [0.1, 0.15) is 11.9 Å². The topological polar surface area (TPSA) is 55.2 Å². The first kappa shape index (κ1) is 17.6. The second kappa shape index (κ2) is 6.87. The number of carbonyl (C=O) groups excluding carboxylic acids is 2. The van der Waals surface area contributed by atoms with Crippen molar-refractivity contribution in [3.63, 3.8) is 0 Å². The van der Waals surface area contributed by atoms with Crippen LogP contribution in [0.5, 0.6) is 0 Å². The van der Waals surface area contributed by atoms with E-state index in [1.807, 2.05) is 59.2 Å². The van der Waals surface area contributed by atoms with E-state index in [1.54, 1.807) is 24.3 Å². The summed E-state index contributed by atoms with van der Waals surface area (Å²) in [7, 11) is 0. The molecule has 1 aromatic heterocycles. The predicted octanol–water partition coefficient (Wildman–Crippen LogP) is 4.86. The molecule has 1 aliphatic heterocycles. The minimum atomic E-state index is -0.652. The number of hydrogen-bond donors (Lipinski definition) is 0. The zero-order valence-electron chi connectivity index (χ0n) is 15.3. The third kappa shape index (κ3) is 2.91. The minimum absolute atomic E-state index is 0.0850. The first-order valence-electron chi connectivity index (χ1n) is 9.28. The summed E-state index contributed by atoms with van der Waals surface area (Å²) in [5, 5.41) is 0.552. The van der Waals surface area contributed by atoms with E-state index in [4.69, 9.17) is 16.6 Å². The number of amides is 2. The molecule has 0 aliphatic carbocycles. The Hall–Kier alpha value is -3.44. The number of carbonyl (C=O) groups is 2. The molecule has 4 aromatic rings. The highest BCUT2D eigenvalue weighted by atomic mass is 35.5. The summed E-state index contributed by atoms with van der Waals surface area (Å²) in [6.45, 7) is 0. The molecule has 29 heavy (non-hydrogen) atoms. The number of hydrogen-bond acceptors (Lipinski definition) is 3. The van der Waals surface area contributed by atoms with E-state index >= 15 is 0 Å². The van der Waals surface area contributed by atoms with E-state index in [2.05, 4.69) is 0 Å². The highest BCUT2D eigenvalue weighted by Crippen LogP contribution is 2.36. The zero-order chi connectivity index (χ0) is 20.0. The molecule has 0 bridgehead atoms. The maximum Gasteiger partial charge on any atom is 0.257 e. The third-order valence-electron chi connectivity index (χ3n) is 5.15. The van der Waals surface area contributed by atoms with Gasteiger partial charge in [0.15, 0.2) is 0 Å². The van der Waals surface area contributed by atoms with Gasteiger partial charge in [-0.2, -0.15) is 0 Å². The van der Waals surface area contributed by atoms with Gasteiger partial charge in [0.2, 0.25) is 5.91 Å². The molecule has 142 valence electrons. The predicted molar refractivity (Wildman–Crippen MR) is 113 cm³/mol. The fraction of sp³-hybridized carbons (Fsp3) is 0.0870. The Kier molecular flexibility index (Phi) is 4.18. The van der Waals surface area contributed by atoms with Gasteiger partial charge in [0.05, 0.1) is 23.1 Å². The van der Waals surface area contributed by atoms with Crippen LogP contribution in [0.25, 0.3) is 22.4 Å². The quantitative estimate of drug-likeness (QED) is 0.460. The Bertz CT molecular complexity index is 1230. The number of fused-ring (bicyclic) bond motifs is 1. The molecule has 5 rings (SSSR count). The van der Waals surface area contributed by atoms with Crippen LogP contribution >= 0.6 is 11.6 Å². The van der Waals surface area contributed by atoms with Crippen LogP contribution < -0.4 is 4.90 Å². The summed E-state index contributed by atoms with van der Waals surface area (Å²) in [4.78, 5) is 32.1. The van der Waals surface area contributed by atoms with Crippen LogP contribution in [-0.2, 0) is 9.59 Å². The van der Waals surface area contributed by atoms with E-state index < -0.39 is 6.04 Å². The molecule has 1 atom stereocenters. The normalized spacial score (nSPS) is 16.7. The van der Waals surface area contributed by atoms with Gasteiger partial charge < -0.3 is 4.57 Å². The highest BCUT2D eigenvalue weighted by molar-refractivity contribution is 6.30. The molecule has 0 saturated carbocycles. The van der Waals surface area contributed by atoms with Gasteiger partial charge >= 0.3 is 0 Å². The summed E-state index contributed by atoms with van der Waals surface area (Å²) >= 11 is 5.95. The van der Waals surface area contributed by atoms with Crippen molar-refractivity contribution in [2.45, 2.75) is 12.5 Å². The van der Waals surface area contributed by atoms with E-state index in [9.17, 15) is 9.59 Å². The Labute approximate surface area is 172 Å². The molecular weight excluding hydrogens is 386 g/mol. The summed E-state index contributed by atoms with van der Waals surface area (Å²) in [6.07, 6.45) is 0.0850. The molecular formula is C23H16ClN3O2. The molecule has 1 fully saturated rings. The highest BCUT2D eigenvalue weighted by Gasteiger charge is 2.42. The van der Waals surface area contributed by atoms with Crippen LogP contribution in [0.2, 0.25) is 5.02 Å². The molecule has 0 N–H and O–H groups in total. The maximum atomic E-state index is 13.4. The van der Waals surface area contributed by atoms with Crippen LogP contribution in [0.15, 0.2) is 78.9 Å². The van der Waals surface area contributed by atoms with Gasteiger partial charge in [-0.25, -0.2) is 9.88 Å². The van der Waals surface area contributed by atoms with Crippen molar-refractivity contribution in [1.29, 1.82) is 0 Å². The number of aromatic nitrogens is 2. The van der Waals surface area contributed by atoms with Crippen molar-refractivity contribution in [3.8, 4) is 11.4 Å². The van der Waals surface area contributed by atoms with Crippen molar-refractivity contribution >= 4 is 40.1 Å². The van der Waals surface area contributed by atoms with Gasteiger partial charge in [-0.3, -0.25) is 9.59 Å². The Morgan fingerprint density at radius 3 is 2.31 bits per heavy atom. The Balaban J connectivity index is 1.65. The van der Waals surface area contributed by atoms with E-state index in [0.29, 0.717) is 16.5 Å². The van der Waals surface area contributed by atoms with Crippen LogP contribution in [-0.4, -0.2) is 21.4 Å². The minimum Gasteiger partial charge on any atom is -0.311 e. The van der Waals surface area contributed by atoms with Gasteiger partial charge in [0.25, 0.3) is 5.91 Å². The fourth-order valence-electron chi connectivity index (χ4n) is 3.83. The van der Waals surface area contributed by atoms with Gasteiger partial charge in [-0.05, 0) is 36.4 Å². The van der Waals surface area contributed by atoms with Crippen molar-refractivity contribution in [3.05, 3.63) is 83.9 Å². The Morgan fingerprint density at radius 2 is 1.55 bits per heavy atom. The van der Waals surface area contributed by atoms with Crippen molar-refractivity contribution < 1.29 is 9.59 Å². The average Bonchev–Trinajstić information content (AvgIpc) is 3.26. The molecule has 1 aliphatic rings. The van der Waals surface area contributed by atoms with Crippen LogP contribution in [0.3, 0.4) is 0 Å². The molecule has 3 aromatic carbocycles. The van der Waals surface area contributed by atoms with E-state index in [0.717, 1.165) is 16.6 Å². The molecule has 6 heteroatoms. The smallest absolute Gasteiger partial charge is 0.257 e. The monoisotopic (exact) mass is 401 g/mol. The molecule has 0 spiro atoms. The number of imidazole rings is 1. The Morgan fingerprint density at radius 1 is 0.862 bits per heavy atom. The lowest BCUT2D eigenvalue weighted by Gasteiger charge is -2.17. The first-order valence-corrected chi connectivity index (χ1v) is 9.66. The summed E-state index contributed by atoms with van der Waals surface area (Å²) in [6, 6.07) is 23.4. The van der Waals surface area contributed by atoms with Crippen LogP contribution in [0.1, 0.15) is 12.5 Å². The van der Waals surface area contributed by atoms with Crippen LogP contribution in [0.4, 0.5) is 5.69 Å². The number of anilines is 1. The summed E-state index contributed by atoms with van der Waals surface area (Å²) in [5.74, 6) is 0.174. The molecule has 5 nitrogen and oxygen atoms in total. The summed E-state index contributed by atoms with van der Waals surface area (Å²) < 4.78 is 1.89. The number of nitrogens with zero attached hydrogens (tertiary/aromatic N) is 3. The number of para-hydroxylation sites is 2. The largest absolute Gasteiger partial charge is 0.311 e. The molecule has 2 amide bonds. The zero-order valence-corrected chi connectivity index (χ0v) is 16.1. The van der Waals surface area contributed by atoms with Gasteiger partial charge in [0, 0.05) is 10.6 Å². The average molecular weight is 402 g/mol. The maximum absolute atomic E-state index is 13.4. The lowest BCUT2D eigenvalue weighted by Crippen LogP contribution is -2.31. The first-order chi connectivity index (χ1) is 14.1. The van der Waals surface area contributed by atoms with Gasteiger partial charge in [-0.1, -0.05) is 54.1 Å². The van der Waals surface area contributed by atoms with Crippen molar-refractivity contribution in [2.24, 2.45) is 0 Å². The van der Waals surface area contributed by atoms with Crippen LogP contribution in [0, 0.1) is 0 Å². The third-order valence-corrected chi connectivity index (χ3v) is 5.40. The second-order valence-electron chi connectivity index (χ2n) is 6.92. The standard InChI is InChI=1S/C23H16ClN3O2/c24-16-10-12-17(13-11-16)26-21(28)14-20(23(26)29)27-19-9-5-4-8-18(19)25-22(27)15-6-2-1-3-7-15/h1-13,20H,14H2/t20-/m1/s1. The van der Waals surface area contributed by atoms with Crippen molar-refractivity contribution in [1.82, 2.24) is 9.55 Å². The lowest BCUT2D eigenvalue weighted by molar-refractivity contribution is -0.122. The number of benzene rings is 3. The second-order valence-corrected chi connectivity index (χ2v) is 7.36. The molecule has 0 unspecified atom stereocenters. The van der Waals surface area contributed by atoms with Crippen molar-refractivity contribution in [2.75, 3.05) is 4.90 Å². The molecule has 1 saturated heterocycles. The lowest BCUT2D eigenvalue weighted by atomic mass is 10.1. The van der Waals surface area contributed by atoms with Gasteiger partial charge in [-0.15, -0.1) is 0 Å². The SMILES string of the molecule is O=C1C[C@@H](n2c(-c3ccccc3)nc3ccccc32)C(=O)N1c1ccc(Cl)cc1. The molecule has 2 heterocycles. The van der Waals surface area contributed by atoms with E-state index in [-0.39, 0.29) is 18.2 Å². The summed E-state index contributed by atoms with van der Waals surface area (Å²) in [5.41, 5.74) is 3.04. The number of halogens is 1. The number of rotatable bonds is 3. The van der Waals surface area contributed by atoms with E-state index in [1.165, 1.54) is 4.90 Å². The fourth-order valence-corrected chi connectivity index (χ4v) is 3.96. The molecule has 0 radical (unpaired) electrons. The number of imide groups is 1.